The van der Waals surface area contributed by atoms with E-state index in [2.05, 4.69) is 48.8 Å². The topological polar surface area (TPSA) is 118 Å². The quantitative estimate of drug-likeness (QED) is 0.469. The van der Waals surface area contributed by atoms with Crippen LogP contribution in [0.15, 0.2) is 60.8 Å². The number of nitrogens with one attached hydrogen (secondary N) is 3. The molecular formula is C27H28N8O2. The van der Waals surface area contributed by atoms with Gasteiger partial charge in [0.25, 0.3) is 5.91 Å². The molecule has 188 valence electrons. The molecule has 5 rings (SSSR count). The SMILES string of the molecule is CN1CCN(c2ccc(NC(=O)c3cnc4nc3Nc3ccc(C#N)c(c3)OC/C=C\CN4)cc2)CC1. The zero-order valence-corrected chi connectivity index (χ0v) is 20.6. The van der Waals surface area contributed by atoms with E-state index in [1.807, 2.05) is 36.4 Å². The molecule has 1 amide bonds. The van der Waals surface area contributed by atoms with Crippen LogP contribution in [0.5, 0.6) is 5.75 Å². The molecule has 10 nitrogen and oxygen atoms in total. The molecule has 3 aromatic rings. The van der Waals surface area contributed by atoms with E-state index in [0.717, 1.165) is 31.9 Å². The molecule has 0 saturated carbocycles. The fourth-order valence-corrected chi connectivity index (χ4v) is 4.14. The Morgan fingerprint density at radius 2 is 1.92 bits per heavy atom. The van der Waals surface area contributed by atoms with Gasteiger partial charge in [0, 0.05) is 62.0 Å². The van der Waals surface area contributed by atoms with Crippen molar-refractivity contribution in [3.05, 3.63) is 71.9 Å². The van der Waals surface area contributed by atoms with Crippen LogP contribution in [0.1, 0.15) is 15.9 Å². The molecule has 0 unspecified atom stereocenters. The van der Waals surface area contributed by atoms with Crippen LogP contribution in [-0.2, 0) is 0 Å². The van der Waals surface area contributed by atoms with Crippen LogP contribution in [0.3, 0.4) is 0 Å². The summed E-state index contributed by atoms with van der Waals surface area (Å²) in [5.74, 6) is 0.831. The number of hydrogen-bond acceptors (Lipinski definition) is 9. The Labute approximate surface area is 215 Å². The Morgan fingerprint density at radius 1 is 1.11 bits per heavy atom. The van der Waals surface area contributed by atoms with Crippen LogP contribution < -0.4 is 25.6 Å². The lowest BCUT2D eigenvalue weighted by molar-refractivity contribution is 0.102. The maximum absolute atomic E-state index is 13.3. The number of hydrogen-bond donors (Lipinski definition) is 3. The zero-order chi connectivity index (χ0) is 25.6. The van der Waals surface area contributed by atoms with E-state index in [1.54, 1.807) is 18.2 Å². The van der Waals surface area contributed by atoms with E-state index < -0.39 is 0 Å². The molecule has 3 N–H and O–H groups in total. The third kappa shape index (κ3) is 5.79. The lowest BCUT2D eigenvalue weighted by Crippen LogP contribution is -2.44. The highest BCUT2D eigenvalue weighted by Gasteiger charge is 2.18. The van der Waals surface area contributed by atoms with Crippen LogP contribution in [0.4, 0.5) is 28.8 Å². The van der Waals surface area contributed by atoms with Crippen molar-refractivity contribution in [2.75, 3.05) is 67.2 Å². The largest absolute Gasteiger partial charge is 0.488 e. The van der Waals surface area contributed by atoms with Crippen LogP contribution in [-0.4, -0.2) is 67.2 Å². The first-order valence-corrected chi connectivity index (χ1v) is 12.1. The molecule has 0 atom stereocenters. The maximum atomic E-state index is 13.3. The average molecular weight is 497 g/mol. The number of amides is 1. The molecule has 0 aliphatic carbocycles. The molecular weight excluding hydrogens is 468 g/mol. The van der Waals surface area contributed by atoms with E-state index in [4.69, 9.17) is 4.74 Å². The second kappa shape index (κ2) is 11.0. The lowest BCUT2D eigenvalue weighted by Gasteiger charge is -2.34. The first kappa shape index (κ1) is 24.1. The Bertz CT molecular complexity index is 1340. The molecule has 0 radical (unpaired) electrons. The molecule has 10 heteroatoms. The zero-order valence-electron chi connectivity index (χ0n) is 20.6. The monoisotopic (exact) mass is 496 g/mol. The van der Waals surface area contributed by atoms with Crippen molar-refractivity contribution in [2.24, 2.45) is 0 Å². The fourth-order valence-electron chi connectivity index (χ4n) is 4.14. The standard InChI is InChI=1S/C27H28N8O2/c1-34-11-13-35(14-12-34)22-8-6-20(7-9-22)32-26(36)23-18-30-27-29-10-2-3-15-37-24-16-21(31-25(23)33-27)5-4-19(24)17-28/h2-9,16,18H,10-15H2,1H3,(H,32,36)(H2,29,30,31,33)/b3-2-. The number of piperazine rings is 1. The molecule has 2 aromatic carbocycles. The van der Waals surface area contributed by atoms with Crippen molar-refractivity contribution in [1.82, 2.24) is 14.9 Å². The number of carbonyl (C=O) groups is 1. The minimum atomic E-state index is -0.337. The predicted molar refractivity (Wildman–Crippen MR) is 144 cm³/mol. The van der Waals surface area contributed by atoms with Gasteiger partial charge in [0.05, 0.1) is 5.56 Å². The van der Waals surface area contributed by atoms with Crippen molar-refractivity contribution in [3.63, 3.8) is 0 Å². The van der Waals surface area contributed by atoms with Gasteiger partial charge >= 0.3 is 0 Å². The van der Waals surface area contributed by atoms with Gasteiger partial charge in [0.1, 0.15) is 29.8 Å². The molecule has 0 spiro atoms. The van der Waals surface area contributed by atoms with Crippen LogP contribution in [0.2, 0.25) is 0 Å². The number of carbonyl (C=O) groups excluding carboxylic acids is 1. The number of anilines is 5. The van der Waals surface area contributed by atoms with Gasteiger partial charge in [0.15, 0.2) is 0 Å². The number of ether oxygens (including phenoxy) is 1. The fraction of sp³-hybridized carbons (Fsp3) is 0.259. The first-order valence-electron chi connectivity index (χ1n) is 12.1. The third-order valence-electron chi connectivity index (χ3n) is 6.27. The van der Waals surface area contributed by atoms with Crippen molar-refractivity contribution >= 4 is 34.7 Å². The van der Waals surface area contributed by atoms with Gasteiger partial charge in [0.2, 0.25) is 5.95 Å². The van der Waals surface area contributed by atoms with Gasteiger partial charge in [-0.1, -0.05) is 6.08 Å². The van der Waals surface area contributed by atoms with Crippen LogP contribution in [0, 0.1) is 11.3 Å². The molecule has 37 heavy (non-hydrogen) atoms. The predicted octanol–water partition coefficient (Wildman–Crippen LogP) is 3.46. The highest BCUT2D eigenvalue weighted by atomic mass is 16.5. The van der Waals surface area contributed by atoms with E-state index in [1.165, 1.54) is 6.20 Å². The highest BCUT2D eigenvalue weighted by molar-refractivity contribution is 6.07. The maximum Gasteiger partial charge on any atom is 0.261 e. The smallest absolute Gasteiger partial charge is 0.261 e. The molecule has 3 heterocycles. The van der Waals surface area contributed by atoms with E-state index in [9.17, 15) is 10.1 Å². The number of nitrogens with zero attached hydrogens (tertiary/aromatic N) is 5. The summed E-state index contributed by atoms with van der Waals surface area (Å²) in [6, 6.07) is 15.1. The van der Waals surface area contributed by atoms with Crippen LogP contribution in [0.25, 0.3) is 0 Å². The summed E-state index contributed by atoms with van der Waals surface area (Å²) >= 11 is 0. The summed E-state index contributed by atoms with van der Waals surface area (Å²) in [6.45, 7) is 4.82. The minimum absolute atomic E-state index is 0.283. The Balaban J connectivity index is 1.37. The molecule has 1 aromatic heterocycles. The van der Waals surface area contributed by atoms with Gasteiger partial charge in [-0.15, -0.1) is 0 Å². The summed E-state index contributed by atoms with van der Waals surface area (Å²) < 4.78 is 5.76. The summed E-state index contributed by atoms with van der Waals surface area (Å²) in [5, 5.41) is 18.7. The van der Waals surface area contributed by atoms with E-state index in [-0.39, 0.29) is 11.5 Å². The van der Waals surface area contributed by atoms with Gasteiger partial charge < -0.3 is 30.5 Å². The van der Waals surface area contributed by atoms with Crippen molar-refractivity contribution < 1.29 is 9.53 Å². The highest BCUT2D eigenvalue weighted by Crippen LogP contribution is 2.27. The number of aromatic nitrogens is 2. The van der Waals surface area contributed by atoms with Crippen molar-refractivity contribution in [2.45, 2.75) is 0 Å². The first-order chi connectivity index (χ1) is 18.1. The number of fused-ring (bicyclic) bond motifs is 4. The lowest BCUT2D eigenvalue weighted by atomic mass is 10.2. The van der Waals surface area contributed by atoms with Gasteiger partial charge in [-0.25, -0.2) is 4.98 Å². The summed E-state index contributed by atoms with van der Waals surface area (Å²) in [7, 11) is 2.13. The molecule has 2 aliphatic heterocycles. The third-order valence-corrected chi connectivity index (χ3v) is 6.27. The summed E-state index contributed by atoms with van der Waals surface area (Å²) in [6.07, 6.45) is 5.23. The van der Waals surface area contributed by atoms with Gasteiger partial charge in [-0.05, 0) is 49.5 Å². The molecule has 1 fully saturated rings. The second-order valence-electron chi connectivity index (χ2n) is 8.86. The van der Waals surface area contributed by atoms with E-state index >= 15 is 0 Å². The minimum Gasteiger partial charge on any atom is -0.488 e. The van der Waals surface area contributed by atoms with Crippen molar-refractivity contribution in [1.29, 1.82) is 5.26 Å². The number of rotatable bonds is 3. The Morgan fingerprint density at radius 3 is 2.70 bits per heavy atom. The number of nitriles is 1. The molecule has 1 saturated heterocycles. The number of likely N-dealkylation sites (N-methyl/N-ethyl adjacent to an activating group) is 1. The van der Waals surface area contributed by atoms with Crippen LogP contribution >= 0.6 is 0 Å². The normalized spacial score (nSPS) is 16.4. The molecule has 4 bridgehead atoms. The van der Waals surface area contributed by atoms with Gasteiger partial charge in [-0.3, -0.25) is 4.79 Å². The Kier molecular flexibility index (Phi) is 7.14. The van der Waals surface area contributed by atoms with Gasteiger partial charge in [-0.2, -0.15) is 10.2 Å². The van der Waals surface area contributed by atoms with Crippen molar-refractivity contribution in [3.8, 4) is 11.8 Å². The average Bonchev–Trinajstić information content (AvgIpc) is 2.92. The van der Waals surface area contributed by atoms with E-state index in [0.29, 0.717) is 47.6 Å². The summed E-state index contributed by atoms with van der Waals surface area (Å²) in [4.78, 5) is 26.8. The second-order valence-corrected chi connectivity index (χ2v) is 8.86. The molecule has 2 aliphatic rings. The summed E-state index contributed by atoms with van der Waals surface area (Å²) in [5.41, 5.74) is 3.16. The Hall–Kier alpha value is -4.62. The number of benzene rings is 2.